The highest BCUT2D eigenvalue weighted by molar-refractivity contribution is 6.45. The van der Waals surface area contributed by atoms with Crippen molar-refractivity contribution in [3.8, 4) is 17.6 Å². The van der Waals surface area contributed by atoms with Crippen LogP contribution in [0.15, 0.2) is 61.0 Å². The van der Waals surface area contributed by atoms with Crippen molar-refractivity contribution in [2.24, 2.45) is 0 Å². The Kier molecular flexibility index (Phi) is 6.40. The molecular formula is C26H22N7O5+. The molecule has 1 amide bonds. The van der Waals surface area contributed by atoms with Gasteiger partial charge >= 0.3 is 11.9 Å². The van der Waals surface area contributed by atoms with Gasteiger partial charge in [-0.15, -0.1) is 14.2 Å². The molecule has 0 radical (unpaired) electrons. The maximum Gasteiger partial charge on any atom is 0.479 e. The summed E-state index contributed by atoms with van der Waals surface area (Å²) in [7, 11) is 1.42. The molecule has 3 aromatic heterocycles. The van der Waals surface area contributed by atoms with E-state index in [1.165, 1.54) is 35.4 Å². The van der Waals surface area contributed by atoms with Crippen LogP contribution >= 0.6 is 0 Å². The van der Waals surface area contributed by atoms with E-state index in [0.29, 0.717) is 42.4 Å². The second-order valence-electron chi connectivity index (χ2n) is 8.56. The largest absolute Gasteiger partial charge is 0.493 e. The molecule has 12 nitrogen and oxygen atoms in total. The first-order valence-electron chi connectivity index (χ1n) is 11.7. The fourth-order valence-corrected chi connectivity index (χ4v) is 4.55. The van der Waals surface area contributed by atoms with Crippen LogP contribution < -0.4 is 9.42 Å². The van der Waals surface area contributed by atoms with Gasteiger partial charge in [0.25, 0.3) is 11.7 Å². The summed E-state index contributed by atoms with van der Waals surface area (Å²) in [5.41, 5.74) is 2.85. The SMILES string of the molecule is COc1cnc(-[n+]2cn(C(=O)O)cn2)c2[nH]cc(C(=O)C(=O)N3CCC(=C(C#N)c4ccccc4)CC3)c12. The number of hydrogen-bond acceptors (Lipinski definition) is 7. The van der Waals surface area contributed by atoms with E-state index < -0.39 is 17.8 Å². The number of fused-ring (bicyclic) bond motifs is 1. The fourth-order valence-electron chi connectivity index (χ4n) is 4.55. The van der Waals surface area contributed by atoms with Crippen LogP contribution in [0.4, 0.5) is 4.79 Å². The Morgan fingerprint density at radius 1 is 1.18 bits per heavy atom. The van der Waals surface area contributed by atoms with Gasteiger partial charge in [0, 0.05) is 19.3 Å². The molecule has 1 saturated heterocycles. The van der Waals surface area contributed by atoms with Crippen LogP contribution in [0.25, 0.3) is 22.3 Å². The topological polar surface area (TPSA) is 158 Å². The monoisotopic (exact) mass is 512 g/mol. The molecule has 4 heterocycles. The number of piperidine rings is 1. The molecule has 2 N–H and O–H groups in total. The van der Waals surface area contributed by atoms with E-state index in [1.807, 2.05) is 30.3 Å². The summed E-state index contributed by atoms with van der Waals surface area (Å²) in [4.78, 5) is 46.6. The maximum atomic E-state index is 13.4. The van der Waals surface area contributed by atoms with Crippen LogP contribution in [-0.2, 0) is 4.79 Å². The number of benzene rings is 1. The van der Waals surface area contributed by atoms with Crippen molar-refractivity contribution < 1.29 is 28.9 Å². The number of carbonyl (C=O) groups excluding carboxylic acids is 2. The number of pyridine rings is 1. The Bertz CT molecular complexity index is 1640. The molecule has 12 heteroatoms. The van der Waals surface area contributed by atoms with Gasteiger partial charge in [-0.25, -0.2) is 4.79 Å². The summed E-state index contributed by atoms with van der Waals surface area (Å²) in [6, 6.07) is 11.7. The molecule has 190 valence electrons. The van der Waals surface area contributed by atoms with Gasteiger partial charge in [-0.2, -0.15) is 5.26 Å². The summed E-state index contributed by atoms with van der Waals surface area (Å²) >= 11 is 0. The van der Waals surface area contributed by atoms with Gasteiger partial charge in [-0.1, -0.05) is 35.4 Å². The second-order valence-corrected chi connectivity index (χ2v) is 8.56. The number of nitrogens with zero attached hydrogens (tertiary/aromatic N) is 6. The first-order chi connectivity index (χ1) is 18.4. The number of carbonyl (C=O) groups is 3. The number of hydrogen-bond donors (Lipinski definition) is 2. The Labute approximate surface area is 216 Å². The summed E-state index contributed by atoms with van der Waals surface area (Å²) in [6.45, 7) is 0.624. The molecule has 1 fully saturated rings. The second kappa shape index (κ2) is 9.98. The molecule has 0 unspecified atom stereocenters. The highest BCUT2D eigenvalue weighted by atomic mass is 16.5. The lowest BCUT2D eigenvalue weighted by atomic mass is 9.93. The Hall–Kier alpha value is -5.31. The van der Waals surface area contributed by atoms with Crippen LogP contribution in [0.3, 0.4) is 0 Å². The number of rotatable bonds is 5. The summed E-state index contributed by atoms with van der Waals surface area (Å²) in [5.74, 6) is -0.884. The van der Waals surface area contributed by atoms with Crippen molar-refractivity contribution in [2.75, 3.05) is 20.2 Å². The number of allylic oxidation sites excluding steroid dienone is 1. The van der Waals surface area contributed by atoms with E-state index in [9.17, 15) is 24.8 Å². The minimum absolute atomic E-state index is 0.104. The predicted molar refractivity (Wildman–Crippen MR) is 133 cm³/mol. The van der Waals surface area contributed by atoms with Gasteiger partial charge in [-0.3, -0.25) is 9.59 Å². The van der Waals surface area contributed by atoms with Gasteiger partial charge in [0.1, 0.15) is 11.7 Å². The summed E-state index contributed by atoms with van der Waals surface area (Å²) in [5, 5.41) is 23.2. The smallest absolute Gasteiger partial charge is 0.479 e. The molecular weight excluding hydrogens is 490 g/mol. The number of Topliss-reactive ketones (excluding diaryl/α,β-unsaturated/α-hetero) is 1. The quantitative estimate of drug-likeness (QED) is 0.178. The van der Waals surface area contributed by atoms with Crippen molar-refractivity contribution in [1.29, 1.82) is 5.26 Å². The van der Waals surface area contributed by atoms with Crippen molar-refractivity contribution in [3.05, 3.63) is 72.1 Å². The number of aromatic amines is 1. The van der Waals surface area contributed by atoms with Gasteiger partial charge < -0.3 is 19.7 Å². The molecule has 0 bridgehead atoms. The number of ether oxygens (including phenoxy) is 1. The summed E-state index contributed by atoms with van der Waals surface area (Å²) in [6.07, 6.45) is 4.87. The number of amides is 1. The molecule has 4 aromatic rings. The van der Waals surface area contributed by atoms with E-state index in [2.05, 4.69) is 21.1 Å². The highest BCUT2D eigenvalue weighted by Gasteiger charge is 2.31. The molecule has 0 atom stereocenters. The van der Waals surface area contributed by atoms with E-state index >= 15 is 0 Å². The lowest BCUT2D eigenvalue weighted by Gasteiger charge is -2.28. The van der Waals surface area contributed by atoms with Gasteiger partial charge in [0.05, 0.1) is 29.7 Å². The third kappa shape index (κ3) is 4.26. The number of likely N-dealkylation sites (tertiary alicyclic amines) is 1. The molecule has 1 aliphatic rings. The van der Waals surface area contributed by atoms with Crippen LogP contribution in [0, 0.1) is 11.3 Å². The van der Waals surface area contributed by atoms with Gasteiger partial charge in [0.15, 0.2) is 12.1 Å². The van der Waals surface area contributed by atoms with E-state index in [-0.39, 0.29) is 17.1 Å². The number of methoxy groups -OCH3 is 1. The average molecular weight is 513 g/mol. The Balaban J connectivity index is 1.42. The zero-order valence-corrected chi connectivity index (χ0v) is 20.3. The number of nitrogens with one attached hydrogen (secondary N) is 1. The fraction of sp³-hybridized carbons (Fsp3) is 0.192. The van der Waals surface area contributed by atoms with Crippen LogP contribution in [0.1, 0.15) is 28.8 Å². The molecule has 0 aliphatic carbocycles. The first-order valence-corrected chi connectivity index (χ1v) is 11.7. The molecule has 1 aliphatic heterocycles. The molecule has 1 aromatic carbocycles. The van der Waals surface area contributed by atoms with E-state index in [4.69, 9.17) is 4.74 Å². The lowest BCUT2D eigenvalue weighted by molar-refractivity contribution is -0.659. The van der Waals surface area contributed by atoms with Crippen molar-refractivity contribution in [2.45, 2.75) is 12.8 Å². The maximum absolute atomic E-state index is 13.4. The molecule has 38 heavy (non-hydrogen) atoms. The standard InChI is InChI=1S/C26H21N7O5/c1-38-20-13-29-24(33-15-32(14-30-33)26(36)37)22-21(20)19(12-28-22)23(34)25(35)31-9-7-17(8-10-31)18(11-27)16-5-3-2-4-6-16/h2-6,12-15H,7-10H2,1H3,(H-,28,29,34,36,37)/p+1. The van der Waals surface area contributed by atoms with Gasteiger partial charge in [-0.05, 0) is 24.0 Å². The minimum atomic E-state index is -1.22. The van der Waals surface area contributed by atoms with E-state index in [0.717, 1.165) is 22.0 Å². The minimum Gasteiger partial charge on any atom is -0.493 e. The third-order valence-corrected chi connectivity index (χ3v) is 6.47. The molecule has 0 saturated carbocycles. The number of nitriles is 1. The van der Waals surface area contributed by atoms with Crippen molar-refractivity contribution in [3.63, 3.8) is 0 Å². The molecule has 5 rings (SSSR count). The van der Waals surface area contributed by atoms with Crippen LogP contribution in [0.2, 0.25) is 0 Å². The van der Waals surface area contributed by atoms with E-state index in [1.54, 1.807) is 0 Å². The number of aromatic nitrogens is 5. The number of carboxylic acid groups (broad SMARTS) is 1. The van der Waals surface area contributed by atoms with Crippen molar-refractivity contribution >= 4 is 34.3 Å². The first kappa shape index (κ1) is 24.4. The van der Waals surface area contributed by atoms with Crippen LogP contribution in [0.5, 0.6) is 5.75 Å². The summed E-state index contributed by atoms with van der Waals surface area (Å²) < 4.78 is 7.49. The lowest BCUT2D eigenvalue weighted by Crippen LogP contribution is -2.40. The predicted octanol–water partition coefficient (Wildman–Crippen LogP) is 2.35. The number of H-pyrrole nitrogens is 1. The zero-order chi connectivity index (χ0) is 26.8. The Morgan fingerprint density at radius 3 is 2.55 bits per heavy atom. The van der Waals surface area contributed by atoms with Gasteiger partial charge in [0.2, 0.25) is 6.33 Å². The van der Waals surface area contributed by atoms with Crippen molar-refractivity contribution in [1.82, 2.24) is 24.5 Å². The number of ketones is 1. The van der Waals surface area contributed by atoms with Crippen LogP contribution in [-0.4, -0.2) is 67.6 Å². The Morgan fingerprint density at radius 2 is 1.92 bits per heavy atom. The zero-order valence-electron chi connectivity index (χ0n) is 20.3. The average Bonchev–Trinajstić information content (AvgIpc) is 3.62. The normalized spacial score (nSPS) is 13.3. The molecule has 0 spiro atoms. The highest BCUT2D eigenvalue weighted by Crippen LogP contribution is 2.31. The third-order valence-electron chi connectivity index (χ3n) is 6.47.